The number of benzene rings is 1. The summed E-state index contributed by atoms with van der Waals surface area (Å²) in [6.45, 7) is 9.52. The van der Waals surface area contributed by atoms with E-state index in [1.54, 1.807) is 13.1 Å². The molecule has 0 aromatic heterocycles. The number of anilines is 1. The van der Waals surface area contributed by atoms with E-state index in [-0.39, 0.29) is 5.82 Å². The molecule has 0 amide bonds. The molecular weight excluding hydrogens is 419 g/mol. The third-order valence-corrected chi connectivity index (χ3v) is 5.73. The predicted molar refractivity (Wildman–Crippen MR) is 136 cm³/mol. The van der Waals surface area contributed by atoms with Gasteiger partial charge in [0.15, 0.2) is 5.84 Å². The van der Waals surface area contributed by atoms with Crippen molar-refractivity contribution in [3.63, 3.8) is 0 Å². The number of piperidine rings is 1. The van der Waals surface area contributed by atoms with Crippen LogP contribution < -0.4 is 16.0 Å². The average molecular weight is 457 g/mol. The third kappa shape index (κ3) is 7.20. The number of nitrogens with one attached hydrogen (secondary N) is 3. The summed E-state index contributed by atoms with van der Waals surface area (Å²) in [5, 5.41) is 10.1. The first kappa shape index (κ1) is 25.1. The number of amidine groups is 1. The number of rotatable bonds is 10. The zero-order valence-corrected chi connectivity index (χ0v) is 20.1. The van der Waals surface area contributed by atoms with Crippen molar-refractivity contribution in [1.29, 1.82) is 0 Å². The minimum atomic E-state index is -0.299. The molecule has 180 valence electrons. The van der Waals surface area contributed by atoms with Crippen LogP contribution in [-0.4, -0.2) is 70.2 Å². The molecule has 0 aliphatic carbocycles. The predicted octanol–water partition coefficient (Wildman–Crippen LogP) is 3.54. The van der Waals surface area contributed by atoms with Gasteiger partial charge in [-0.3, -0.25) is 9.98 Å². The van der Waals surface area contributed by atoms with Crippen LogP contribution in [0.15, 0.2) is 39.3 Å². The van der Waals surface area contributed by atoms with Crippen molar-refractivity contribution < 1.29 is 9.13 Å². The Balaban J connectivity index is 1.76. The highest BCUT2D eigenvalue weighted by Gasteiger charge is 2.23. The smallest absolute Gasteiger partial charge is 0.154 e. The van der Waals surface area contributed by atoms with E-state index in [9.17, 15) is 4.39 Å². The van der Waals surface area contributed by atoms with Gasteiger partial charge in [-0.15, -0.1) is 0 Å². The maximum atomic E-state index is 14.8. The first-order valence-electron chi connectivity index (χ1n) is 12.0. The minimum Gasteiger partial charge on any atom is -0.383 e. The zero-order valence-electron chi connectivity index (χ0n) is 20.1. The van der Waals surface area contributed by atoms with Crippen LogP contribution in [0.3, 0.4) is 0 Å². The normalized spacial score (nSPS) is 21.2. The van der Waals surface area contributed by atoms with Gasteiger partial charge < -0.3 is 20.7 Å². The molecule has 2 aliphatic heterocycles. The molecule has 1 fully saturated rings. The van der Waals surface area contributed by atoms with E-state index in [2.05, 4.69) is 25.9 Å². The fourth-order valence-corrected chi connectivity index (χ4v) is 4.01. The van der Waals surface area contributed by atoms with Crippen molar-refractivity contribution in [2.75, 3.05) is 58.3 Å². The van der Waals surface area contributed by atoms with Gasteiger partial charge in [0, 0.05) is 45.5 Å². The van der Waals surface area contributed by atoms with Crippen molar-refractivity contribution in [2.45, 2.75) is 33.1 Å². The van der Waals surface area contributed by atoms with Crippen LogP contribution in [0.2, 0.25) is 0 Å². The van der Waals surface area contributed by atoms with E-state index in [0.29, 0.717) is 55.0 Å². The van der Waals surface area contributed by atoms with Crippen LogP contribution in [0, 0.1) is 11.7 Å². The monoisotopic (exact) mass is 456 g/mol. The first-order valence-corrected chi connectivity index (χ1v) is 12.0. The Hall–Kier alpha value is -2.58. The molecule has 1 atom stereocenters. The summed E-state index contributed by atoms with van der Waals surface area (Å²) >= 11 is 0. The Morgan fingerprint density at radius 1 is 1.27 bits per heavy atom. The van der Waals surface area contributed by atoms with Crippen LogP contribution >= 0.6 is 0 Å². The average Bonchev–Trinajstić information content (AvgIpc) is 2.84. The molecule has 2 heterocycles. The maximum Gasteiger partial charge on any atom is 0.154 e. The summed E-state index contributed by atoms with van der Waals surface area (Å²) in [6.07, 6.45) is 5.09. The van der Waals surface area contributed by atoms with E-state index in [4.69, 9.17) is 9.73 Å². The molecule has 7 nitrogen and oxygen atoms in total. The lowest BCUT2D eigenvalue weighted by Gasteiger charge is -2.25. The molecule has 1 aromatic rings. The maximum absolute atomic E-state index is 14.8. The molecule has 1 aromatic carbocycles. The number of aliphatic imine (C=N–C) groups is 3. The van der Waals surface area contributed by atoms with Gasteiger partial charge in [-0.2, -0.15) is 0 Å². The largest absolute Gasteiger partial charge is 0.383 e. The summed E-state index contributed by atoms with van der Waals surface area (Å²) in [6, 6.07) is 5.19. The van der Waals surface area contributed by atoms with Crippen molar-refractivity contribution in [1.82, 2.24) is 10.6 Å². The minimum absolute atomic E-state index is 0.299. The van der Waals surface area contributed by atoms with Crippen molar-refractivity contribution in [3.05, 3.63) is 35.7 Å². The molecule has 33 heavy (non-hydrogen) atoms. The van der Waals surface area contributed by atoms with Crippen LogP contribution in [-0.2, 0) is 4.74 Å². The highest BCUT2D eigenvalue weighted by atomic mass is 19.1. The summed E-state index contributed by atoms with van der Waals surface area (Å²) < 4.78 is 20.1. The van der Waals surface area contributed by atoms with Gasteiger partial charge in [-0.05, 0) is 70.3 Å². The van der Waals surface area contributed by atoms with Crippen LogP contribution in [0.25, 0.3) is 5.70 Å². The molecule has 3 N–H and O–H groups in total. The second-order valence-corrected chi connectivity index (χ2v) is 8.19. The summed E-state index contributed by atoms with van der Waals surface area (Å²) in [5.41, 5.74) is 3.40. The molecule has 0 radical (unpaired) electrons. The molecule has 2 aliphatic rings. The lowest BCUT2D eigenvalue weighted by Crippen LogP contribution is -2.43. The van der Waals surface area contributed by atoms with Crippen molar-refractivity contribution >= 4 is 28.6 Å². The Morgan fingerprint density at radius 3 is 2.85 bits per heavy atom. The van der Waals surface area contributed by atoms with Gasteiger partial charge in [-0.1, -0.05) is 6.07 Å². The first-order chi connectivity index (χ1) is 16.2. The lowest BCUT2D eigenvalue weighted by atomic mass is 9.99. The van der Waals surface area contributed by atoms with E-state index < -0.39 is 0 Å². The highest BCUT2D eigenvalue weighted by molar-refractivity contribution is 6.72. The molecule has 0 bridgehead atoms. The zero-order chi connectivity index (χ0) is 23.5. The van der Waals surface area contributed by atoms with E-state index >= 15 is 0 Å². The number of allylic oxidation sites excluding steroid dienone is 1. The fourth-order valence-electron chi connectivity index (χ4n) is 4.01. The van der Waals surface area contributed by atoms with Crippen molar-refractivity contribution in [3.8, 4) is 0 Å². The van der Waals surface area contributed by atoms with Gasteiger partial charge in [0.25, 0.3) is 0 Å². The van der Waals surface area contributed by atoms with Gasteiger partial charge in [0.2, 0.25) is 0 Å². The van der Waals surface area contributed by atoms with Crippen LogP contribution in [0.5, 0.6) is 0 Å². The quantitative estimate of drug-likeness (QED) is 0.471. The Morgan fingerprint density at radius 2 is 2.15 bits per heavy atom. The van der Waals surface area contributed by atoms with E-state index in [1.165, 1.54) is 18.9 Å². The second kappa shape index (κ2) is 13.2. The van der Waals surface area contributed by atoms with Gasteiger partial charge in [-0.25, -0.2) is 9.38 Å². The summed E-state index contributed by atoms with van der Waals surface area (Å²) in [4.78, 5) is 13.9. The second-order valence-electron chi connectivity index (χ2n) is 8.19. The Labute approximate surface area is 196 Å². The lowest BCUT2D eigenvalue weighted by molar-refractivity contribution is 0.147. The SMILES string of the molecule is CC/N=C1/C=C(c2ccc(NCCCOCC)c(F)c2)N=C(NCC2CCCNC2)/C1=N/C. The van der Waals surface area contributed by atoms with E-state index in [0.717, 1.165) is 37.5 Å². The molecule has 8 heteroatoms. The Bertz CT molecular complexity index is 902. The molecule has 1 saturated heterocycles. The summed E-state index contributed by atoms with van der Waals surface area (Å²) in [7, 11) is 1.75. The molecule has 3 rings (SSSR count). The number of halogens is 1. The highest BCUT2D eigenvalue weighted by Crippen LogP contribution is 2.24. The molecule has 0 spiro atoms. The third-order valence-electron chi connectivity index (χ3n) is 5.73. The summed E-state index contributed by atoms with van der Waals surface area (Å²) in [5.74, 6) is 0.948. The van der Waals surface area contributed by atoms with Crippen LogP contribution in [0.1, 0.15) is 38.7 Å². The van der Waals surface area contributed by atoms with Crippen molar-refractivity contribution in [2.24, 2.45) is 20.9 Å². The fraction of sp³-hybridized carbons (Fsp3) is 0.560. The topological polar surface area (TPSA) is 82.4 Å². The molecule has 1 unspecified atom stereocenters. The number of nitrogens with zero attached hydrogens (tertiary/aromatic N) is 3. The van der Waals surface area contributed by atoms with Crippen LogP contribution in [0.4, 0.5) is 10.1 Å². The van der Waals surface area contributed by atoms with Gasteiger partial charge >= 0.3 is 0 Å². The van der Waals surface area contributed by atoms with Gasteiger partial charge in [0.05, 0.1) is 17.1 Å². The van der Waals surface area contributed by atoms with E-state index in [1.807, 2.05) is 26.0 Å². The number of ether oxygens (including phenoxy) is 1. The number of hydrogen-bond acceptors (Lipinski definition) is 7. The Kier molecular flexibility index (Phi) is 10.0. The molecular formula is C25H37FN6O. The standard InChI is InChI=1S/C25H37FN6O/c1-4-29-23-15-22(19-9-10-21(20(26)14-19)30-12-7-13-33-5-2)32-25(24(23)27-3)31-17-18-8-6-11-28-16-18/h9-10,14-15,18,28,30H,4-8,11-13,16-17H2,1-3H3,(H,31,32)/b27-24+,29-23-. The number of hydrogen-bond donors (Lipinski definition) is 3. The van der Waals surface area contributed by atoms with Gasteiger partial charge in [0.1, 0.15) is 11.5 Å². The molecule has 0 saturated carbocycles.